The minimum absolute atomic E-state index is 0. The van der Waals surface area contributed by atoms with Crippen molar-refractivity contribution in [2.24, 2.45) is 0 Å². The quantitative estimate of drug-likeness (QED) is 0.463. The third-order valence-electron chi connectivity index (χ3n) is 0. The van der Waals surface area contributed by atoms with Crippen LogP contribution in [-0.2, 0) is 32.0 Å². The van der Waals surface area contributed by atoms with E-state index in [1.165, 1.54) is 0 Å². The Hall–Kier alpha value is -0.320. The zero-order valence-corrected chi connectivity index (χ0v) is 7.10. The molecule has 0 aromatic carbocycles. The second kappa shape index (κ2) is 10.6. The van der Waals surface area contributed by atoms with Gasteiger partial charge in [-0.2, -0.15) is 0 Å². The van der Waals surface area contributed by atoms with Gasteiger partial charge in [0, 0.05) is 34.3 Å². The van der Waals surface area contributed by atoms with Gasteiger partial charge in [-0.15, -0.1) is 0 Å². The molecule has 0 aliphatic rings. The van der Waals surface area contributed by atoms with Gasteiger partial charge >= 0.3 is 0 Å². The predicted molar refractivity (Wildman–Crippen MR) is 21.4 cm³/mol. The SMILES string of the molecule is CC(=O)[O-].CC(=O)[O-].[Au]. The van der Waals surface area contributed by atoms with Gasteiger partial charge in [0.2, 0.25) is 0 Å². The Morgan fingerprint density at radius 3 is 1.00 bits per heavy atom. The van der Waals surface area contributed by atoms with E-state index >= 15 is 0 Å². The maximum atomic E-state index is 8.89. The van der Waals surface area contributed by atoms with E-state index in [0.717, 1.165) is 13.8 Å². The van der Waals surface area contributed by atoms with Gasteiger partial charge < -0.3 is 19.8 Å². The van der Waals surface area contributed by atoms with Crippen molar-refractivity contribution in [3.63, 3.8) is 0 Å². The van der Waals surface area contributed by atoms with Crippen LogP contribution in [0.15, 0.2) is 0 Å². The van der Waals surface area contributed by atoms with Crippen molar-refractivity contribution in [3.8, 4) is 0 Å². The number of carbonyl (C=O) groups is 2. The molecule has 0 heterocycles. The van der Waals surface area contributed by atoms with E-state index < -0.39 is 11.9 Å². The van der Waals surface area contributed by atoms with Crippen LogP contribution >= 0.6 is 0 Å². The van der Waals surface area contributed by atoms with Crippen molar-refractivity contribution in [3.05, 3.63) is 0 Å². The molecule has 5 heteroatoms. The first-order valence-corrected chi connectivity index (χ1v) is 1.82. The molecule has 0 bridgehead atoms. The molecule has 1 radical (unpaired) electrons. The summed E-state index contributed by atoms with van der Waals surface area (Å²) in [6, 6.07) is 0. The Morgan fingerprint density at radius 1 is 1.00 bits per heavy atom. The van der Waals surface area contributed by atoms with Gasteiger partial charge in [-0.1, -0.05) is 0 Å². The molecule has 0 unspecified atom stereocenters. The van der Waals surface area contributed by atoms with Crippen molar-refractivity contribution in [1.29, 1.82) is 0 Å². The summed E-state index contributed by atoms with van der Waals surface area (Å²) in [5, 5.41) is 17.8. The molecule has 0 saturated heterocycles. The van der Waals surface area contributed by atoms with Gasteiger partial charge in [0.15, 0.2) is 0 Å². The smallest absolute Gasteiger partial charge is 0.0383 e. The first-order chi connectivity index (χ1) is 3.46. The van der Waals surface area contributed by atoms with Crippen LogP contribution in [0.4, 0.5) is 0 Å². The van der Waals surface area contributed by atoms with Crippen LogP contribution in [0.1, 0.15) is 13.8 Å². The third-order valence-corrected chi connectivity index (χ3v) is 0. The molecular formula is C4H6AuO4-2. The Balaban J connectivity index is -0.0000000720. The minimum atomic E-state index is -1.08. The molecule has 0 rings (SSSR count). The molecule has 0 saturated carbocycles. The number of hydrogen-bond donors (Lipinski definition) is 0. The second-order valence-electron chi connectivity index (χ2n) is 0.983. The van der Waals surface area contributed by atoms with E-state index in [-0.39, 0.29) is 22.4 Å². The Labute approximate surface area is 68.4 Å². The Morgan fingerprint density at radius 2 is 1.00 bits per heavy atom. The van der Waals surface area contributed by atoms with E-state index in [9.17, 15) is 0 Å². The molecule has 0 spiro atoms. The minimum Gasteiger partial charge on any atom is -0.550 e. The molecule has 0 aromatic rings. The van der Waals surface area contributed by atoms with Crippen LogP contribution < -0.4 is 10.2 Å². The van der Waals surface area contributed by atoms with E-state index in [1.54, 1.807) is 0 Å². The number of carboxylic acids is 2. The average Bonchev–Trinajstić information content (AvgIpc) is 1.25. The van der Waals surface area contributed by atoms with Gasteiger partial charge in [0.1, 0.15) is 0 Å². The first-order valence-electron chi connectivity index (χ1n) is 1.82. The fourth-order valence-electron chi connectivity index (χ4n) is 0. The largest absolute Gasteiger partial charge is 0.550 e. The normalized spacial score (nSPS) is 5.56. The molecule has 0 fully saturated rings. The van der Waals surface area contributed by atoms with Crippen molar-refractivity contribution in [2.45, 2.75) is 13.8 Å². The first kappa shape index (κ1) is 15.9. The average molecular weight is 315 g/mol. The predicted octanol–water partition coefficient (Wildman–Crippen LogP) is -2.49. The summed E-state index contributed by atoms with van der Waals surface area (Å²) in [6.45, 7) is 1.94. The molecule has 59 valence electrons. The number of rotatable bonds is 0. The van der Waals surface area contributed by atoms with E-state index in [1.807, 2.05) is 0 Å². The van der Waals surface area contributed by atoms with Crippen molar-refractivity contribution in [2.75, 3.05) is 0 Å². The van der Waals surface area contributed by atoms with Crippen molar-refractivity contribution < 1.29 is 42.2 Å². The molecule has 0 aliphatic carbocycles. The fourth-order valence-corrected chi connectivity index (χ4v) is 0. The summed E-state index contributed by atoms with van der Waals surface area (Å²) >= 11 is 0. The van der Waals surface area contributed by atoms with E-state index in [2.05, 4.69) is 0 Å². The molecule has 0 N–H and O–H groups in total. The summed E-state index contributed by atoms with van der Waals surface area (Å²) in [5.41, 5.74) is 0. The maximum Gasteiger partial charge on any atom is 0.0383 e. The van der Waals surface area contributed by atoms with E-state index in [0.29, 0.717) is 0 Å². The van der Waals surface area contributed by atoms with Crippen LogP contribution in [0.25, 0.3) is 0 Å². The second-order valence-corrected chi connectivity index (χ2v) is 0.983. The molecule has 0 amide bonds. The van der Waals surface area contributed by atoms with Crippen molar-refractivity contribution in [1.82, 2.24) is 0 Å². The van der Waals surface area contributed by atoms with Crippen LogP contribution in [0.3, 0.4) is 0 Å². The number of carboxylic acid groups (broad SMARTS) is 2. The van der Waals surface area contributed by atoms with Crippen LogP contribution in [0, 0.1) is 0 Å². The molecule has 0 aromatic heterocycles. The Bertz CT molecular complexity index is 70.6. The van der Waals surface area contributed by atoms with Gasteiger partial charge in [0.25, 0.3) is 0 Å². The monoisotopic (exact) mass is 315 g/mol. The third kappa shape index (κ3) is 2420. The maximum absolute atomic E-state index is 8.89. The van der Waals surface area contributed by atoms with Crippen LogP contribution in [0.5, 0.6) is 0 Å². The fraction of sp³-hybridized carbons (Fsp3) is 0.500. The van der Waals surface area contributed by atoms with E-state index in [4.69, 9.17) is 19.8 Å². The summed E-state index contributed by atoms with van der Waals surface area (Å²) in [7, 11) is 0. The molecule has 0 atom stereocenters. The van der Waals surface area contributed by atoms with Gasteiger partial charge in [-0.25, -0.2) is 0 Å². The molecular weight excluding hydrogens is 309 g/mol. The van der Waals surface area contributed by atoms with Gasteiger partial charge in [-0.3, -0.25) is 0 Å². The molecule has 4 nitrogen and oxygen atoms in total. The summed E-state index contributed by atoms with van der Waals surface area (Å²) < 4.78 is 0. The summed E-state index contributed by atoms with van der Waals surface area (Å²) in [4.78, 5) is 17.8. The van der Waals surface area contributed by atoms with Gasteiger partial charge in [0.05, 0.1) is 0 Å². The van der Waals surface area contributed by atoms with Crippen LogP contribution in [-0.4, -0.2) is 11.9 Å². The zero-order valence-electron chi connectivity index (χ0n) is 4.93. The van der Waals surface area contributed by atoms with Crippen LogP contribution in [0.2, 0.25) is 0 Å². The number of carbonyl (C=O) groups excluding carboxylic acids is 2. The Kier molecular flexibility index (Phi) is 18.7. The number of aliphatic carboxylic acids is 2. The zero-order chi connectivity index (χ0) is 7.15. The van der Waals surface area contributed by atoms with Gasteiger partial charge in [-0.05, 0) is 13.8 Å². The number of hydrogen-bond acceptors (Lipinski definition) is 4. The molecule has 9 heavy (non-hydrogen) atoms. The standard InChI is InChI=1S/2C2H4O2.Au/c2*1-2(3)4;/h2*1H3,(H,3,4);/p-2. The summed E-state index contributed by atoms with van der Waals surface area (Å²) in [5.74, 6) is -2.17. The topological polar surface area (TPSA) is 80.3 Å². The molecule has 0 aliphatic heterocycles. The summed E-state index contributed by atoms with van der Waals surface area (Å²) in [6.07, 6.45) is 0. The van der Waals surface area contributed by atoms with Crippen molar-refractivity contribution >= 4 is 11.9 Å².